The van der Waals surface area contributed by atoms with Crippen LogP contribution in [0.2, 0.25) is 0 Å². The van der Waals surface area contributed by atoms with Crippen LogP contribution in [0, 0.1) is 11.2 Å². The van der Waals surface area contributed by atoms with Gasteiger partial charge in [-0.2, -0.15) is 5.10 Å². The molecule has 5 nitrogen and oxygen atoms in total. The number of ether oxygens (including phenoxy) is 1. The number of nitrogens with zero attached hydrogens (tertiary/aromatic N) is 1. The number of nitrogens with one attached hydrogen (secondary N) is 1. The Bertz CT molecular complexity index is 1090. The summed E-state index contributed by atoms with van der Waals surface area (Å²) in [6, 6.07) is 4.34. The molecule has 0 saturated heterocycles. The predicted molar refractivity (Wildman–Crippen MR) is 113 cm³/mol. The zero-order valence-corrected chi connectivity index (χ0v) is 18.1. The summed E-state index contributed by atoms with van der Waals surface area (Å²) in [7, 11) is 0. The largest absolute Gasteiger partial charge is 0.455 e. The first-order chi connectivity index (χ1) is 13.4. The number of aromatic nitrogens is 2. The topological polar surface area (TPSA) is 72.0 Å². The lowest BCUT2D eigenvalue weighted by Gasteiger charge is -2.38. The summed E-state index contributed by atoms with van der Waals surface area (Å²) >= 11 is 0. The highest BCUT2D eigenvalue weighted by Gasteiger charge is 2.37. The van der Waals surface area contributed by atoms with E-state index in [1.54, 1.807) is 19.1 Å². The average molecular weight is 400 g/mol. The summed E-state index contributed by atoms with van der Waals surface area (Å²) < 4.78 is 20.0. The predicted octanol–water partition coefficient (Wildman–Crippen LogP) is 3.08. The number of aromatic amines is 1. The molecule has 1 heterocycles. The molecular weight excluding hydrogens is 371 g/mol. The van der Waals surface area contributed by atoms with Gasteiger partial charge >= 0.3 is 5.97 Å². The average Bonchev–Trinajstić information content (AvgIpc) is 2.62. The van der Waals surface area contributed by atoms with Gasteiger partial charge in [0, 0.05) is 22.3 Å². The van der Waals surface area contributed by atoms with Gasteiger partial charge in [0.05, 0.1) is 11.3 Å². The van der Waals surface area contributed by atoms with Crippen molar-refractivity contribution in [1.82, 2.24) is 10.2 Å². The van der Waals surface area contributed by atoms with Crippen LogP contribution in [0.25, 0.3) is 12.2 Å². The number of halogens is 1. The van der Waals surface area contributed by atoms with Crippen LogP contribution in [0.1, 0.15) is 70.1 Å². The number of carbonyl (C=O) groups is 1. The van der Waals surface area contributed by atoms with Gasteiger partial charge in [0.15, 0.2) is 0 Å². The molecule has 0 spiro atoms. The summed E-state index contributed by atoms with van der Waals surface area (Å²) in [5, 5.41) is 7.89. The van der Waals surface area contributed by atoms with E-state index in [1.165, 1.54) is 12.1 Å². The molecule has 156 valence electrons. The fourth-order valence-corrected chi connectivity index (χ4v) is 2.73. The molecule has 1 N–H and O–H groups in total. The van der Waals surface area contributed by atoms with Crippen molar-refractivity contribution in [3.05, 3.63) is 61.6 Å². The minimum Gasteiger partial charge on any atom is -0.455 e. The zero-order chi connectivity index (χ0) is 22.0. The molecule has 29 heavy (non-hydrogen) atoms. The van der Waals surface area contributed by atoms with Crippen LogP contribution in [0.3, 0.4) is 0 Å². The van der Waals surface area contributed by atoms with Gasteiger partial charge in [-0.15, -0.1) is 0 Å². The van der Waals surface area contributed by atoms with E-state index in [1.807, 2.05) is 47.6 Å². The second-order valence-corrected chi connectivity index (χ2v) is 8.54. The number of hydrogen-bond donors (Lipinski definition) is 1. The minimum atomic E-state index is -0.775. The van der Waals surface area contributed by atoms with Gasteiger partial charge in [0.2, 0.25) is 0 Å². The lowest BCUT2D eigenvalue weighted by Crippen LogP contribution is -2.44. The molecule has 0 amide bonds. The highest BCUT2D eigenvalue weighted by Crippen LogP contribution is 2.34. The summed E-state index contributed by atoms with van der Waals surface area (Å²) in [5.74, 6) is -1.34. The van der Waals surface area contributed by atoms with E-state index in [-0.39, 0.29) is 16.5 Å². The van der Waals surface area contributed by atoms with E-state index in [0.29, 0.717) is 22.9 Å². The van der Waals surface area contributed by atoms with Crippen LogP contribution in [0.5, 0.6) is 0 Å². The highest BCUT2D eigenvalue weighted by atomic mass is 19.1. The van der Waals surface area contributed by atoms with E-state index >= 15 is 0 Å². The van der Waals surface area contributed by atoms with Crippen LogP contribution in [0.4, 0.5) is 4.39 Å². The maximum absolute atomic E-state index is 14.4. The van der Waals surface area contributed by atoms with Gasteiger partial charge in [-0.05, 0) is 45.4 Å². The van der Waals surface area contributed by atoms with E-state index in [4.69, 9.17) is 4.74 Å². The Morgan fingerprint density at radius 2 is 1.76 bits per heavy atom. The second-order valence-electron chi connectivity index (χ2n) is 8.54. The molecule has 0 unspecified atom stereocenters. The summed E-state index contributed by atoms with van der Waals surface area (Å²) in [4.78, 5) is 24.6. The van der Waals surface area contributed by atoms with Crippen molar-refractivity contribution in [2.45, 2.75) is 60.5 Å². The lowest BCUT2D eigenvalue weighted by atomic mass is 9.79. The minimum absolute atomic E-state index is 0.117. The third-order valence-corrected chi connectivity index (χ3v) is 5.49. The first-order valence-corrected chi connectivity index (χ1v) is 9.63. The third-order valence-electron chi connectivity index (χ3n) is 5.49. The van der Waals surface area contributed by atoms with Gasteiger partial charge in [-0.3, -0.25) is 4.79 Å². The van der Waals surface area contributed by atoms with Crippen molar-refractivity contribution in [2.75, 3.05) is 0 Å². The zero-order valence-electron chi connectivity index (χ0n) is 18.1. The molecule has 6 heteroatoms. The maximum Gasteiger partial charge on any atom is 0.341 e. The maximum atomic E-state index is 14.4. The van der Waals surface area contributed by atoms with Gasteiger partial charge in [-0.1, -0.05) is 39.0 Å². The van der Waals surface area contributed by atoms with Crippen molar-refractivity contribution in [2.24, 2.45) is 5.41 Å². The summed E-state index contributed by atoms with van der Waals surface area (Å²) in [5.41, 5.74) is -0.137. The smallest absolute Gasteiger partial charge is 0.341 e. The fourth-order valence-electron chi connectivity index (χ4n) is 2.73. The molecule has 0 aliphatic carbocycles. The highest BCUT2D eigenvalue weighted by molar-refractivity contribution is 5.90. The fraction of sp³-hybridized carbons (Fsp3) is 0.435. The molecule has 1 aromatic heterocycles. The standard InChI is InChI=1S/C23H29FN2O3/c1-8-15-16(9-2)20(27)26-25-19(15)13-14-10-11-18(24)17(12-14)21(28)29-23(6,7)22(3,4)5/h8-12H,13H2,1-7H3,(H,26,27)/b15-8+,16-9+. The first kappa shape index (κ1) is 22.5. The van der Waals surface area contributed by atoms with Crippen LogP contribution in [0.15, 0.2) is 23.0 Å². The molecule has 0 aliphatic rings. The summed E-state index contributed by atoms with van der Waals surface area (Å²) in [6.07, 6.45) is 3.87. The van der Waals surface area contributed by atoms with Gasteiger partial charge in [-0.25, -0.2) is 14.3 Å². The molecule has 0 radical (unpaired) electrons. The molecule has 1 aromatic carbocycles. The second kappa shape index (κ2) is 8.31. The van der Waals surface area contributed by atoms with E-state index < -0.39 is 17.4 Å². The van der Waals surface area contributed by atoms with Crippen LogP contribution < -0.4 is 16.0 Å². The number of carbonyl (C=O) groups excluding carboxylic acids is 1. The van der Waals surface area contributed by atoms with Crippen molar-refractivity contribution >= 4 is 18.1 Å². The summed E-state index contributed by atoms with van der Waals surface area (Å²) in [6.45, 7) is 13.1. The number of benzene rings is 1. The van der Waals surface area contributed by atoms with Gasteiger partial charge < -0.3 is 4.74 Å². The SMILES string of the molecule is C/C=c1/c(Cc2ccc(F)c(C(=O)OC(C)(C)C(C)(C)C)c2)n[nH]c(=O)/c1=C/C. The van der Waals surface area contributed by atoms with Crippen LogP contribution in [-0.2, 0) is 11.2 Å². The molecule has 2 aromatic rings. The van der Waals surface area contributed by atoms with E-state index in [0.717, 1.165) is 5.22 Å². The molecule has 0 fully saturated rings. The molecule has 2 rings (SSSR count). The molecule has 0 aliphatic heterocycles. The Morgan fingerprint density at radius 1 is 1.14 bits per heavy atom. The molecule has 0 atom stereocenters. The Morgan fingerprint density at radius 3 is 2.31 bits per heavy atom. The number of hydrogen-bond acceptors (Lipinski definition) is 4. The normalized spacial score (nSPS) is 13.7. The van der Waals surface area contributed by atoms with Crippen molar-refractivity contribution < 1.29 is 13.9 Å². The Labute approximate surface area is 170 Å². The Hall–Kier alpha value is -2.76. The Kier molecular flexibility index (Phi) is 6.46. The third kappa shape index (κ3) is 4.81. The van der Waals surface area contributed by atoms with Crippen molar-refractivity contribution in [1.29, 1.82) is 0 Å². The number of esters is 1. The lowest BCUT2D eigenvalue weighted by molar-refractivity contribution is -0.0554. The first-order valence-electron chi connectivity index (χ1n) is 9.63. The molecular formula is C23H29FN2O3. The van der Waals surface area contributed by atoms with Gasteiger partial charge in [0.1, 0.15) is 11.4 Å². The van der Waals surface area contributed by atoms with Crippen molar-refractivity contribution in [3.8, 4) is 0 Å². The van der Waals surface area contributed by atoms with E-state index in [2.05, 4.69) is 10.2 Å². The van der Waals surface area contributed by atoms with Gasteiger partial charge in [0.25, 0.3) is 5.56 Å². The molecule has 0 bridgehead atoms. The van der Waals surface area contributed by atoms with Crippen LogP contribution in [-0.4, -0.2) is 21.8 Å². The quantitative estimate of drug-likeness (QED) is 0.801. The monoisotopic (exact) mass is 400 g/mol. The van der Waals surface area contributed by atoms with Crippen LogP contribution >= 0.6 is 0 Å². The van der Waals surface area contributed by atoms with E-state index in [9.17, 15) is 14.0 Å². The number of H-pyrrole nitrogens is 1. The molecule has 0 saturated carbocycles. The van der Waals surface area contributed by atoms with Crippen molar-refractivity contribution in [3.63, 3.8) is 0 Å². The number of rotatable bonds is 4. The Balaban J connectivity index is 2.43.